The monoisotopic (exact) mass is 287 g/mol. The number of anilines is 2. The van der Waals surface area contributed by atoms with Crippen LogP contribution >= 0.6 is 11.6 Å². The van der Waals surface area contributed by atoms with E-state index in [4.69, 9.17) is 11.6 Å². The SMILES string of the molecule is Fc1c(Cl)cccc1Nc1nccn1-c1ccccc1. The van der Waals surface area contributed by atoms with Gasteiger partial charge in [-0.05, 0) is 24.3 Å². The van der Waals surface area contributed by atoms with E-state index in [1.165, 1.54) is 6.07 Å². The zero-order chi connectivity index (χ0) is 13.9. The highest BCUT2D eigenvalue weighted by Crippen LogP contribution is 2.25. The predicted octanol–water partition coefficient (Wildman–Crippen LogP) is 4.41. The molecule has 20 heavy (non-hydrogen) atoms. The minimum atomic E-state index is -0.489. The first-order valence-electron chi connectivity index (χ1n) is 6.05. The summed E-state index contributed by atoms with van der Waals surface area (Å²) in [5.41, 5.74) is 1.23. The first kappa shape index (κ1) is 12.7. The normalized spacial score (nSPS) is 10.5. The molecule has 2 aromatic carbocycles. The highest BCUT2D eigenvalue weighted by Gasteiger charge is 2.10. The Kier molecular flexibility index (Phi) is 3.39. The quantitative estimate of drug-likeness (QED) is 0.773. The van der Waals surface area contributed by atoms with Crippen molar-refractivity contribution < 1.29 is 4.39 Å². The maximum absolute atomic E-state index is 13.9. The van der Waals surface area contributed by atoms with Gasteiger partial charge >= 0.3 is 0 Å². The molecular weight excluding hydrogens is 277 g/mol. The molecule has 0 atom stereocenters. The number of hydrogen-bond acceptors (Lipinski definition) is 2. The number of nitrogens with zero attached hydrogens (tertiary/aromatic N) is 2. The van der Waals surface area contributed by atoms with Gasteiger partial charge in [-0.15, -0.1) is 0 Å². The van der Waals surface area contributed by atoms with Gasteiger partial charge in [-0.1, -0.05) is 35.9 Å². The smallest absolute Gasteiger partial charge is 0.212 e. The maximum Gasteiger partial charge on any atom is 0.212 e. The number of benzene rings is 2. The summed E-state index contributed by atoms with van der Waals surface area (Å²) in [5.74, 6) is 0.0362. The second kappa shape index (κ2) is 5.35. The summed E-state index contributed by atoms with van der Waals surface area (Å²) in [4.78, 5) is 4.20. The molecule has 1 heterocycles. The number of nitrogens with one attached hydrogen (secondary N) is 1. The van der Waals surface area contributed by atoms with E-state index in [9.17, 15) is 4.39 Å². The average molecular weight is 288 g/mol. The Bertz CT molecular complexity index is 725. The summed E-state index contributed by atoms with van der Waals surface area (Å²) in [6.45, 7) is 0. The minimum absolute atomic E-state index is 0.0767. The van der Waals surface area contributed by atoms with E-state index in [-0.39, 0.29) is 5.02 Å². The van der Waals surface area contributed by atoms with E-state index in [0.717, 1.165) is 5.69 Å². The molecule has 0 aliphatic heterocycles. The third kappa shape index (κ3) is 2.38. The van der Waals surface area contributed by atoms with Crippen LogP contribution in [0.3, 0.4) is 0 Å². The second-order valence-corrected chi connectivity index (χ2v) is 4.59. The Hall–Kier alpha value is -2.33. The third-order valence-corrected chi connectivity index (χ3v) is 3.17. The van der Waals surface area contributed by atoms with Gasteiger partial charge in [0.25, 0.3) is 0 Å². The van der Waals surface area contributed by atoms with E-state index in [1.807, 2.05) is 34.9 Å². The molecule has 3 aromatic rings. The predicted molar refractivity (Wildman–Crippen MR) is 78.3 cm³/mol. The standard InChI is InChI=1S/C15H11ClFN3/c16-12-7-4-8-13(14(12)17)19-15-18-9-10-20(15)11-5-2-1-3-6-11/h1-10H,(H,18,19). The summed E-state index contributed by atoms with van der Waals surface area (Å²) in [6, 6.07) is 14.5. The molecule has 0 amide bonds. The first-order valence-corrected chi connectivity index (χ1v) is 6.43. The van der Waals surface area contributed by atoms with E-state index in [1.54, 1.807) is 24.5 Å². The number of rotatable bonds is 3. The van der Waals surface area contributed by atoms with Gasteiger partial charge in [0, 0.05) is 18.1 Å². The van der Waals surface area contributed by atoms with Crippen molar-refractivity contribution in [3.05, 3.63) is 71.8 Å². The Balaban J connectivity index is 1.97. The number of aromatic nitrogens is 2. The van der Waals surface area contributed by atoms with Crippen LogP contribution in [0.1, 0.15) is 0 Å². The van der Waals surface area contributed by atoms with Crippen LogP contribution in [0.25, 0.3) is 5.69 Å². The van der Waals surface area contributed by atoms with Crippen LogP contribution in [0.15, 0.2) is 60.9 Å². The van der Waals surface area contributed by atoms with Gasteiger partial charge in [0.05, 0.1) is 10.7 Å². The van der Waals surface area contributed by atoms with Crippen molar-refractivity contribution in [3.8, 4) is 5.69 Å². The van der Waals surface area contributed by atoms with E-state index in [0.29, 0.717) is 11.6 Å². The number of para-hydroxylation sites is 1. The molecule has 0 spiro atoms. The lowest BCUT2D eigenvalue weighted by Crippen LogP contribution is -2.02. The zero-order valence-electron chi connectivity index (χ0n) is 10.4. The van der Waals surface area contributed by atoms with Gasteiger partial charge in [-0.2, -0.15) is 0 Å². The molecule has 0 saturated carbocycles. The fourth-order valence-corrected chi connectivity index (χ4v) is 2.09. The van der Waals surface area contributed by atoms with E-state index >= 15 is 0 Å². The van der Waals surface area contributed by atoms with Crippen molar-refractivity contribution in [1.82, 2.24) is 9.55 Å². The van der Waals surface area contributed by atoms with E-state index < -0.39 is 5.82 Å². The Labute approximate surface area is 120 Å². The molecule has 100 valence electrons. The lowest BCUT2D eigenvalue weighted by molar-refractivity contribution is 0.632. The molecule has 0 saturated heterocycles. The second-order valence-electron chi connectivity index (χ2n) is 4.18. The van der Waals surface area contributed by atoms with Crippen molar-refractivity contribution in [3.63, 3.8) is 0 Å². The van der Waals surface area contributed by atoms with Crippen molar-refractivity contribution >= 4 is 23.2 Å². The summed E-state index contributed by atoms with van der Waals surface area (Å²) in [7, 11) is 0. The topological polar surface area (TPSA) is 29.9 Å². The highest BCUT2D eigenvalue weighted by atomic mass is 35.5. The molecular formula is C15H11ClFN3. The Morgan fingerprint density at radius 1 is 1.05 bits per heavy atom. The summed E-state index contributed by atoms with van der Waals surface area (Å²) < 4.78 is 15.7. The van der Waals surface area contributed by atoms with Crippen molar-refractivity contribution in [2.45, 2.75) is 0 Å². The molecule has 0 radical (unpaired) electrons. The van der Waals surface area contributed by atoms with Gasteiger partial charge in [0.15, 0.2) is 5.82 Å². The molecule has 3 rings (SSSR count). The molecule has 0 unspecified atom stereocenters. The lowest BCUT2D eigenvalue weighted by atomic mass is 10.3. The zero-order valence-corrected chi connectivity index (χ0v) is 11.2. The molecule has 1 N–H and O–H groups in total. The van der Waals surface area contributed by atoms with Gasteiger partial charge in [-0.3, -0.25) is 4.57 Å². The average Bonchev–Trinajstić information content (AvgIpc) is 2.93. The van der Waals surface area contributed by atoms with Crippen LogP contribution in [0.5, 0.6) is 0 Å². The van der Waals surface area contributed by atoms with Crippen LogP contribution in [0.4, 0.5) is 16.0 Å². The Morgan fingerprint density at radius 2 is 1.85 bits per heavy atom. The third-order valence-electron chi connectivity index (χ3n) is 2.87. The molecule has 3 nitrogen and oxygen atoms in total. The minimum Gasteiger partial charge on any atom is -0.323 e. The first-order chi connectivity index (χ1) is 9.75. The van der Waals surface area contributed by atoms with Crippen LogP contribution < -0.4 is 5.32 Å². The van der Waals surface area contributed by atoms with Crippen LogP contribution in [-0.2, 0) is 0 Å². The highest BCUT2D eigenvalue weighted by molar-refractivity contribution is 6.31. The molecule has 0 aliphatic rings. The van der Waals surface area contributed by atoms with Gasteiger partial charge in [0.2, 0.25) is 5.95 Å². The van der Waals surface area contributed by atoms with Crippen molar-refractivity contribution in [2.24, 2.45) is 0 Å². The lowest BCUT2D eigenvalue weighted by Gasteiger charge is -2.10. The summed E-state index contributed by atoms with van der Waals surface area (Å²) >= 11 is 5.77. The maximum atomic E-state index is 13.9. The van der Waals surface area contributed by atoms with Gasteiger partial charge < -0.3 is 5.32 Å². The van der Waals surface area contributed by atoms with Crippen LogP contribution in [0.2, 0.25) is 5.02 Å². The molecule has 0 aliphatic carbocycles. The summed E-state index contributed by atoms with van der Waals surface area (Å²) in [5, 5.41) is 3.03. The van der Waals surface area contributed by atoms with Crippen molar-refractivity contribution in [1.29, 1.82) is 0 Å². The Morgan fingerprint density at radius 3 is 2.65 bits per heavy atom. The van der Waals surface area contributed by atoms with Gasteiger partial charge in [-0.25, -0.2) is 9.37 Å². The fraction of sp³-hybridized carbons (Fsp3) is 0. The van der Waals surface area contributed by atoms with Gasteiger partial charge in [0.1, 0.15) is 0 Å². The summed E-state index contributed by atoms with van der Waals surface area (Å²) in [6.07, 6.45) is 3.46. The molecule has 0 fully saturated rings. The van der Waals surface area contributed by atoms with E-state index in [2.05, 4.69) is 10.3 Å². The van der Waals surface area contributed by atoms with Crippen molar-refractivity contribution in [2.75, 3.05) is 5.32 Å². The molecule has 0 bridgehead atoms. The molecule has 5 heteroatoms. The number of imidazole rings is 1. The largest absolute Gasteiger partial charge is 0.323 e. The fourth-order valence-electron chi connectivity index (χ4n) is 1.91. The number of halogens is 2. The van der Waals surface area contributed by atoms with Crippen LogP contribution in [-0.4, -0.2) is 9.55 Å². The van der Waals surface area contributed by atoms with Crippen LogP contribution in [0, 0.1) is 5.82 Å². The number of hydrogen-bond donors (Lipinski definition) is 1. The molecule has 1 aromatic heterocycles.